The fraction of sp³-hybridized carbons (Fsp3) is 0.471. The lowest BCUT2D eigenvalue weighted by Crippen LogP contribution is -2.11. The van der Waals surface area contributed by atoms with Gasteiger partial charge in [-0.1, -0.05) is 6.92 Å². The average Bonchev–Trinajstić information content (AvgIpc) is 3.00. The summed E-state index contributed by atoms with van der Waals surface area (Å²) in [5, 5.41) is 12.5. The quantitative estimate of drug-likeness (QED) is 0.702. The number of ether oxygens (including phenoxy) is 1. The summed E-state index contributed by atoms with van der Waals surface area (Å²) in [5.41, 5.74) is 7.08. The minimum Gasteiger partial charge on any atom is -0.481 e. The molecular weight excluding hydrogens is 346 g/mol. The molecule has 0 spiro atoms. The van der Waals surface area contributed by atoms with Gasteiger partial charge in [-0.15, -0.1) is 0 Å². The molecule has 2 aromatic rings. The van der Waals surface area contributed by atoms with Crippen molar-refractivity contribution in [1.82, 2.24) is 14.8 Å². The standard InChI is InChI=1S/C17H22F2N4O3/c1-10(16(24)25)4-3-5-14(26-2)13-8-11(6-7-21-13)15-12(20)9-22-23(15)17(18)19/h6-10,14,17H,3-5,20H2,1-2H3,(H,24,25). The lowest BCUT2D eigenvalue weighted by molar-refractivity contribution is -0.141. The van der Waals surface area contributed by atoms with E-state index in [4.69, 9.17) is 15.6 Å². The van der Waals surface area contributed by atoms with Crippen molar-refractivity contribution < 1.29 is 23.4 Å². The number of carboxylic acid groups (broad SMARTS) is 1. The van der Waals surface area contributed by atoms with Gasteiger partial charge < -0.3 is 15.6 Å². The van der Waals surface area contributed by atoms with Crippen LogP contribution in [0.15, 0.2) is 24.5 Å². The number of methoxy groups -OCH3 is 1. The molecule has 26 heavy (non-hydrogen) atoms. The van der Waals surface area contributed by atoms with Crippen molar-refractivity contribution in [1.29, 1.82) is 0 Å². The zero-order chi connectivity index (χ0) is 19.3. The highest BCUT2D eigenvalue weighted by molar-refractivity contribution is 5.72. The summed E-state index contributed by atoms with van der Waals surface area (Å²) in [6.07, 6.45) is 4.02. The molecule has 3 N–H and O–H groups in total. The average molecular weight is 368 g/mol. The number of aliphatic carboxylic acids is 1. The number of anilines is 1. The van der Waals surface area contributed by atoms with Gasteiger partial charge in [0.25, 0.3) is 0 Å². The van der Waals surface area contributed by atoms with Crippen LogP contribution in [-0.4, -0.2) is 33.0 Å². The molecule has 2 rings (SSSR count). The van der Waals surface area contributed by atoms with Gasteiger partial charge in [0.2, 0.25) is 0 Å². The molecule has 0 radical (unpaired) electrons. The molecule has 0 saturated heterocycles. The summed E-state index contributed by atoms with van der Waals surface area (Å²) in [6.45, 7) is -1.16. The Balaban J connectivity index is 2.19. The van der Waals surface area contributed by atoms with E-state index >= 15 is 0 Å². The number of aromatic nitrogens is 3. The molecule has 0 aliphatic heterocycles. The Hall–Kier alpha value is -2.55. The van der Waals surface area contributed by atoms with E-state index in [9.17, 15) is 13.6 Å². The number of nitrogens with zero attached hydrogens (tertiary/aromatic N) is 3. The van der Waals surface area contributed by atoms with E-state index in [0.29, 0.717) is 35.2 Å². The number of halogens is 2. The Kier molecular flexibility index (Phi) is 6.62. The first kappa shape index (κ1) is 19.8. The second-order valence-corrected chi connectivity index (χ2v) is 6.03. The summed E-state index contributed by atoms with van der Waals surface area (Å²) < 4.78 is 32.2. The molecule has 2 unspecified atom stereocenters. The molecular formula is C17H22F2N4O3. The fourth-order valence-corrected chi connectivity index (χ4v) is 2.71. The first-order chi connectivity index (χ1) is 12.3. The van der Waals surface area contributed by atoms with Gasteiger partial charge >= 0.3 is 12.5 Å². The van der Waals surface area contributed by atoms with Crippen LogP contribution in [0.5, 0.6) is 0 Å². The number of alkyl halides is 2. The predicted molar refractivity (Wildman–Crippen MR) is 91.5 cm³/mol. The van der Waals surface area contributed by atoms with Crippen LogP contribution in [0, 0.1) is 5.92 Å². The minimum absolute atomic E-state index is 0.123. The predicted octanol–water partition coefficient (Wildman–Crippen LogP) is 3.50. The van der Waals surface area contributed by atoms with E-state index in [1.807, 2.05) is 0 Å². The van der Waals surface area contributed by atoms with Gasteiger partial charge in [-0.3, -0.25) is 9.78 Å². The first-order valence-electron chi connectivity index (χ1n) is 8.18. The van der Waals surface area contributed by atoms with Gasteiger partial charge in [0.1, 0.15) is 0 Å². The summed E-state index contributed by atoms with van der Waals surface area (Å²) in [5.74, 6) is -1.28. The van der Waals surface area contributed by atoms with E-state index < -0.39 is 18.4 Å². The van der Waals surface area contributed by atoms with Crippen LogP contribution in [0.2, 0.25) is 0 Å². The Labute approximate surface area is 149 Å². The lowest BCUT2D eigenvalue weighted by Gasteiger charge is -2.16. The molecule has 2 aromatic heterocycles. The van der Waals surface area contributed by atoms with Crippen LogP contribution in [0.4, 0.5) is 14.5 Å². The Bertz CT molecular complexity index is 751. The second-order valence-electron chi connectivity index (χ2n) is 6.03. The maximum Gasteiger partial charge on any atom is 0.333 e. The third kappa shape index (κ3) is 4.54. The van der Waals surface area contributed by atoms with E-state index in [1.165, 1.54) is 19.5 Å². The highest BCUT2D eigenvalue weighted by atomic mass is 19.3. The molecule has 0 bridgehead atoms. The van der Waals surface area contributed by atoms with Crippen molar-refractivity contribution in [2.24, 2.45) is 5.92 Å². The molecule has 0 saturated carbocycles. The second kappa shape index (κ2) is 8.70. The van der Waals surface area contributed by atoms with Crippen LogP contribution >= 0.6 is 0 Å². The largest absolute Gasteiger partial charge is 0.481 e. The van der Waals surface area contributed by atoms with E-state index in [-0.39, 0.29) is 17.5 Å². The number of carboxylic acids is 1. The fourth-order valence-electron chi connectivity index (χ4n) is 2.71. The third-order valence-corrected chi connectivity index (χ3v) is 4.20. The van der Waals surface area contributed by atoms with Crippen LogP contribution in [0.25, 0.3) is 11.3 Å². The van der Waals surface area contributed by atoms with Crippen molar-refractivity contribution >= 4 is 11.7 Å². The summed E-state index contributed by atoms with van der Waals surface area (Å²) in [6, 6.07) is 3.22. The molecule has 7 nitrogen and oxygen atoms in total. The monoisotopic (exact) mass is 368 g/mol. The zero-order valence-corrected chi connectivity index (χ0v) is 14.6. The first-order valence-corrected chi connectivity index (χ1v) is 8.18. The van der Waals surface area contributed by atoms with Crippen LogP contribution in [-0.2, 0) is 9.53 Å². The molecule has 9 heteroatoms. The molecule has 2 heterocycles. The van der Waals surface area contributed by atoms with Crippen LogP contribution in [0.3, 0.4) is 0 Å². The van der Waals surface area contributed by atoms with Crippen molar-refractivity contribution in [3.8, 4) is 11.3 Å². The van der Waals surface area contributed by atoms with Crippen molar-refractivity contribution in [2.45, 2.75) is 38.8 Å². The van der Waals surface area contributed by atoms with Gasteiger partial charge in [0.15, 0.2) is 0 Å². The smallest absolute Gasteiger partial charge is 0.333 e. The van der Waals surface area contributed by atoms with E-state index in [0.717, 1.165) is 0 Å². The molecule has 2 atom stereocenters. The third-order valence-electron chi connectivity index (χ3n) is 4.20. The Morgan fingerprint density at radius 2 is 2.15 bits per heavy atom. The van der Waals surface area contributed by atoms with Gasteiger partial charge in [0.05, 0.1) is 35.3 Å². The number of rotatable bonds is 9. The summed E-state index contributed by atoms with van der Waals surface area (Å²) in [4.78, 5) is 15.1. The zero-order valence-electron chi connectivity index (χ0n) is 14.6. The Morgan fingerprint density at radius 1 is 1.42 bits per heavy atom. The molecule has 0 amide bonds. The van der Waals surface area contributed by atoms with Gasteiger partial charge in [-0.25, -0.2) is 4.68 Å². The number of nitrogen functional groups attached to an aromatic ring is 1. The highest BCUT2D eigenvalue weighted by Gasteiger charge is 2.20. The number of carbonyl (C=O) groups is 1. The van der Waals surface area contributed by atoms with Gasteiger partial charge in [-0.05, 0) is 31.4 Å². The van der Waals surface area contributed by atoms with Crippen molar-refractivity contribution in [3.63, 3.8) is 0 Å². The minimum atomic E-state index is -2.81. The van der Waals surface area contributed by atoms with Gasteiger partial charge in [-0.2, -0.15) is 13.9 Å². The van der Waals surface area contributed by atoms with Crippen molar-refractivity contribution in [2.75, 3.05) is 12.8 Å². The molecule has 0 aliphatic rings. The SMILES string of the molecule is COC(CCCC(C)C(=O)O)c1cc(-c2c(N)cnn2C(F)F)ccn1. The molecule has 0 aromatic carbocycles. The normalized spacial score (nSPS) is 13.7. The van der Waals surface area contributed by atoms with E-state index in [1.54, 1.807) is 19.1 Å². The number of hydrogen-bond donors (Lipinski definition) is 2. The molecule has 142 valence electrons. The summed E-state index contributed by atoms with van der Waals surface area (Å²) >= 11 is 0. The number of hydrogen-bond acceptors (Lipinski definition) is 5. The molecule has 0 aliphatic carbocycles. The lowest BCUT2D eigenvalue weighted by atomic mass is 10.0. The number of pyridine rings is 1. The number of nitrogens with two attached hydrogens (primary N) is 1. The maximum atomic E-state index is 13.1. The Morgan fingerprint density at radius 3 is 2.77 bits per heavy atom. The van der Waals surface area contributed by atoms with Crippen molar-refractivity contribution in [3.05, 3.63) is 30.2 Å². The highest BCUT2D eigenvalue weighted by Crippen LogP contribution is 2.31. The summed E-state index contributed by atoms with van der Waals surface area (Å²) in [7, 11) is 1.53. The van der Waals surface area contributed by atoms with Crippen LogP contribution in [0.1, 0.15) is 44.5 Å². The maximum absolute atomic E-state index is 13.1. The van der Waals surface area contributed by atoms with Crippen LogP contribution < -0.4 is 5.73 Å². The van der Waals surface area contributed by atoms with Gasteiger partial charge in [0, 0.05) is 18.9 Å². The topological polar surface area (TPSA) is 103 Å². The van der Waals surface area contributed by atoms with E-state index in [2.05, 4.69) is 10.1 Å². The molecule has 0 fully saturated rings.